The van der Waals surface area contributed by atoms with Gasteiger partial charge in [0, 0.05) is 10.6 Å². The molecule has 0 spiro atoms. The van der Waals surface area contributed by atoms with E-state index in [1.807, 2.05) is 0 Å². The van der Waals surface area contributed by atoms with Crippen LogP contribution in [0.15, 0.2) is 47.4 Å². The Labute approximate surface area is 114 Å². The van der Waals surface area contributed by atoms with Crippen molar-refractivity contribution in [1.82, 2.24) is 0 Å². The summed E-state index contributed by atoms with van der Waals surface area (Å²) in [6.45, 7) is 0. The van der Waals surface area contributed by atoms with Crippen LogP contribution in [-0.2, 0) is 5.75 Å². The number of hydrogen-bond acceptors (Lipinski definition) is 3. The number of halogens is 2. The summed E-state index contributed by atoms with van der Waals surface area (Å²) in [4.78, 5) is 0.470. The second kappa shape index (κ2) is 6.19. The fourth-order valence-corrected chi connectivity index (χ4v) is 2.50. The van der Waals surface area contributed by atoms with Gasteiger partial charge in [-0.05, 0) is 35.3 Å². The Bertz CT molecular complexity index is 578. The smallest absolute Gasteiger partial charge is 0.423 e. The van der Waals surface area contributed by atoms with E-state index in [2.05, 4.69) is 0 Å². The molecule has 19 heavy (non-hydrogen) atoms. The largest absolute Gasteiger partial charge is 0.488 e. The van der Waals surface area contributed by atoms with Crippen molar-refractivity contribution in [2.24, 2.45) is 0 Å². The van der Waals surface area contributed by atoms with E-state index < -0.39 is 12.9 Å². The number of hydrogen-bond donors (Lipinski definition) is 2. The van der Waals surface area contributed by atoms with Gasteiger partial charge in [0.05, 0.1) is 0 Å². The maximum atomic E-state index is 13.4. The third-order valence-corrected chi connectivity index (χ3v) is 3.63. The lowest BCUT2D eigenvalue weighted by Gasteiger charge is -2.06. The highest BCUT2D eigenvalue weighted by Gasteiger charge is 2.13. The second-order valence-electron chi connectivity index (χ2n) is 3.99. The van der Waals surface area contributed by atoms with E-state index in [4.69, 9.17) is 10.0 Å². The Balaban J connectivity index is 2.14. The molecule has 2 rings (SSSR count). The standard InChI is InChI=1S/C13H11BF2O2S/c15-11-6-9(5-10(7-11)14(17)18)8-19-13-4-2-1-3-12(13)16/h1-7,17-18H,8H2. The summed E-state index contributed by atoms with van der Waals surface area (Å²) in [5.41, 5.74) is 0.653. The molecule has 0 saturated carbocycles. The van der Waals surface area contributed by atoms with Gasteiger partial charge >= 0.3 is 7.12 Å². The van der Waals surface area contributed by atoms with Crippen LogP contribution in [-0.4, -0.2) is 17.2 Å². The predicted molar refractivity (Wildman–Crippen MR) is 72.2 cm³/mol. The normalized spacial score (nSPS) is 10.5. The SMILES string of the molecule is OB(O)c1cc(F)cc(CSc2ccccc2F)c1. The fourth-order valence-electron chi connectivity index (χ4n) is 1.63. The van der Waals surface area contributed by atoms with E-state index in [9.17, 15) is 8.78 Å². The minimum atomic E-state index is -1.71. The van der Waals surface area contributed by atoms with Crippen molar-refractivity contribution in [3.05, 3.63) is 59.7 Å². The molecule has 98 valence electrons. The first-order chi connectivity index (χ1) is 9.06. The van der Waals surface area contributed by atoms with Gasteiger partial charge in [-0.2, -0.15) is 0 Å². The molecule has 0 amide bonds. The third kappa shape index (κ3) is 3.80. The summed E-state index contributed by atoms with van der Waals surface area (Å²) in [6.07, 6.45) is 0. The first kappa shape index (κ1) is 14.1. The highest BCUT2D eigenvalue weighted by molar-refractivity contribution is 7.98. The summed E-state index contributed by atoms with van der Waals surface area (Å²) in [6, 6.07) is 10.2. The van der Waals surface area contributed by atoms with Crippen LogP contribution in [0.3, 0.4) is 0 Å². The van der Waals surface area contributed by atoms with E-state index in [0.29, 0.717) is 16.2 Å². The Morgan fingerprint density at radius 3 is 2.47 bits per heavy atom. The molecular formula is C13H11BF2O2S. The van der Waals surface area contributed by atoms with Crippen molar-refractivity contribution in [1.29, 1.82) is 0 Å². The average molecular weight is 280 g/mol. The molecule has 0 atom stereocenters. The van der Waals surface area contributed by atoms with Gasteiger partial charge in [0.25, 0.3) is 0 Å². The summed E-state index contributed by atoms with van der Waals surface area (Å²) >= 11 is 1.22. The zero-order chi connectivity index (χ0) is 13.8. The van der Waals surface area contributed by atoms with Gasteiger partial charge in [0.2, 0.25) is 0 Å². The van der Waals surface area contributed by atoms with Gasteiger partial charge in [0.15, 0.2) is 0 Å². The second-order valence-corrected chi connectivity index (χ2v) is 5.00. The molecule has 0 bridgehead atoms. The van der Waals surface area contributed by atoms with Crippen LogP contribution >= 0.6 is 11.8 Å². The zero-order valence-electron chi connectivity index (χ0n) is 9.88. The van der Waals surface area contributed by atoms with E-state index in [-0.39, 0.29) is 11.3 Å². The van der Waals surface area contributed by atoms with E-state index in [1.54, 1.807) is 18.2 Å². The third-order valence-electron chi connectivity index (χ3n) is 2.51. The lowest BCUT2D eigenvalue weighted by molar-refractivity contribution is 0.425. The molecule has 2 aromatic rings. The quantitative estimate of drug-likeness (QED) is 0.664. The number of benzene rings is 2. The molecule has 0 radical (unpaired) electrons. The monoisotopic (exact) mass is 280 g/mol. The Kier molecular flexibility index (Phi) is 4.58. The van der Waals surface area contributed by atoms with Gasteiger partial charge in [0.1, 0.15) is 11.6 Å². The molecule has 0 unspecified atom stereocenters. The first-order valence-corrected chi connectivity index (χ1v) is 6.57. The highest BCUT2D eigenvalue weighted by atomic mass is 32.2. The van der Waals surface area contributed by atoms with E-state index in [0.717, 1.165) is 6.07 Å². The molecule has 2 N–H and O–H groups in total. The number of rotatable bonds is 4. The molecule has 0 heterocycles. The van der Waals surface area contributed by atoms with Gasteiger partial charge in [-0.3, -0.25) is 0 Å². The summed E-state index contributed by atoms with van der Waals surface area (Å²) in [7, 11) is -1.71. The molecule has 2 nitrogen and oxygen atoms in total. The Hall–Kier alpha value is -1.37. The molecule has 0 aliphatic heterocycles. The maximum Gasteiger partial charge on any atom is 0.488 e. The average Bonchev–Trinajstić information content (AvgIpc) is 2.37. The first-order valence-electron chi connectivity index (χ1n) is 5.59. The summed E-state index contributed by atoms with van der Waals surface area (Å²) in [5.74, 6) is -0.528. The van der Waals surface area contributed by atoms with Crippen LogP contribution in [0, 0.1) is 11.6 Å². The lowest BCUT2D eigenvalue weighted by atomic mass is 9.79. The van der Waals surface area contributed by atoms with E-state index in [1.165, 1.54) is 30.0 Å². The molecular weight excluding hydrogens is 269 g/mol. The molecule has 0 aliphatic rings. The van der Waals surface area contributed by atoms with Crippen molar-refractivity contribution in [2.45, 2.75) is 10.6 Å². The topological polar surface area (TPSA) is 40.5 Å². The van der Waals surface area contributed by atoms with Crippen LogP contribution in [0.2, 0.25) is 0 Å². The van der Waals surface area contributed by atoms with Crippen molar-refractivity contribution < 1.29 is 18.8 Å². The van der Waals surface area contributed by atoms with Crippen LogP contribution in [0.25, 0.3) is 0 Å². The number of thioether (sulfide) groups is 1. The summed E-state index contributed by atoms with van der Waals surface area (Å²) in [5, 5.41) is 18.0. The maximum absolute atomic E-state index is 13.4. The highest BCUT2D eigenvalue weighted by Crippen LogP contribution is 2.25. The van der Waals surface area contributed by atoms with Crippen LogP contribution < -0.4 is 5.46 Å². The Morgan fingerprint density at radius 2 is 1.79 bits per heavy atom. The molecule has 0 aliphatic carbocycles. The minimum Gasteiger partial charge on any atom is -0.423 e. The summed E-state index contributed by atoms with van der Waals surface area (Å²) < 4.78 is 26.7. The molecule has 2 aromatic carbocycles. The molecule has 0 saturated heterocycles. The van der Waals surface area contributed by atoms with Crippen molar-refractivity contribution in [2.75, 3.05) is 0 Å². The fraction of sp³-hybridized carbons (Fsp3) is 0.0769. The van der Waals surface area contributed by atoms with Gasteiger partial charge in [-0.25, -0.2) is 8.78 Å². The van der Waals surface area contributed by atoms with Gasteiger partial charge < -0.3 is 10.0 Å². The Morgan fingerprint density at radius 1 is 1.05 bits per heavy atom. The van der Waals surface area contributed by atoms with Crippen molar-refractivity contribution >= 4 is 24.3 Å². The lowest BCUT2D eigenvalue weighted by Crippen LogP contribution is -2.30. The van der Waals surface area contributed by atoms with Gasteiger partial charge in [-0.15, -0.1) is 11.8 Å². The van der Waals surface area contributed by atoms with Crippen molar-refractivity contribution in [3.63, 3.8) is 0 Å². The van der Waals surface area contributed by atoms with Gasteiger partial charge in [-0.1, -0.05) is 18.2 Å². The molecule has 0 fully saturated rings. The van der Waals surface area contributed by atoms with Crippen LogP contribution in [0.4, 0.5) is 8.78 Å². The molecule has 0 aromatic heterocycles. The van der Waals surface area contributed by atoms with E-state index >= 15 is 0 Å². The van der Waals surface area contributed by atoms with Crippen LogP contribution in [0.1, 0.15) is 5.56 Å². The molecule has 6 heteroatoms. The van der Waals surface area contributed by atoms with Crippen molar-refractivity contribution in [3.8, 4) is 0 Å². The minimum absolute atomic E-state index is 0.0872. The van der Waals surface area contributed by atoms with Crippen LogP contribution in [0.5, 0.6) is 0 Å². The zero-order valence-corrected chi connectivity index (χ0v) is 10.7. The predicted octanol–water partition coefficient (Wildman–Crippen LogP) is 1.94.